The Kier molecular flexibility index (Phi) is 10.1. The number of hydrogen-bond acceptors (Lipinski definition) is 13. The van der Waals surface area contributed by atoms with E-state index >= 15 is 0 Å². The van der Waals surface area contributed by atoms with Gasteiger partial charge in [0.05, 0.1) is 9.79 Å². The van der Waals surface area contributed by atoms with Crippen LogP contribution in [0.5, 0.6) is 11.5 Å². The van der Waals surface area contributed by atoms with E-state index < -0.39 is 67.6 Å². The molecule has 0 aliphatic rings. The fourth-order valence-electron chi connectivity index (χ4n) is 6.02. The molecule has 2 amide bonds. The summed E-state index contributed by atoms with van der Waals surface area (Å²) in [6.45, 7) is 2.86. The zero-order valence-corrected chi connectivity index (χ0v) is 32.1. The lowest BCUT2D eigenvalue weighted by Crippen LogP contribution is -2.42. The Morgan fingerprint density at radius 3 is 1.18 bits per heavy atom. The maximum absolute atomic E-state index is 13.2. The van der Waals surface area contributed by atoms with E-state index in [1.165, 1.54) is 86.6 Å². The number of sulfonamides is 2. The summed E-state index contributed by atoms with van der Waals surface area (Å²) in [4.78, 5) is 10.7. The molecule has 6 aromatic carbocycles. The molecule has 0 heterocycles. The minimum atomic E-state index is -4.70. The quantitative estimate of drug-likeness (QED) is 0.0804. The van der Waals surface area contributed by atoms with Crippen LogP contribution >= 0.6 is 0 Å². The maximum Gasteiger partial charge on any atom is 0.342 e. The van der Waals surface area contributed by atoms with Gasteiger partial charge in [0.1, 0.15) is 21.3 Å². The molecule has 8 N–H and O–H groups in total. The summed E-state index contributed by atoms with van der Waals surface area (Å²) < 4.78 is 121. The first-order valence-corrected chi connectivity index (χ1v) is 21.7. The van der Waals surface area contributed by atoms with Gasteiger partial charge < -0.3 is 20.8 Å². The number of anilines is 4. The fraction of sp³-hybridized carbons (Fsp3) is 0.0571. The number of aromatic hydroxyl groups is 2. The van der Waals surface area contributed by atoms with E-state index in [1.807, 2.05) is 0 Å². The van der Waals surface area contributed by atoms with Gasteiger partial charge in [-0.25, -0.2) is 31.1 Å². The van der Waals surface area contributed by atoms with E-state index in [-0.39, 0.29) is 31.7 Å². The van der Waals surface area contributed by atoms with Gasteiger partial charge in [0, 0.05) is 44.3 Å². The van der Waals surface area contributed by atoms with Crippen LogP contribution in [0.1, 0.15) is 11.1 Å². The van der Waals surface area contributed by atoms with Gasteiger partial charge in [-0.15, -0.1) is 0 Å². The first-order valence-electron chi connectivity index (χ1n) is 15.9. The van der Waals surface area contributed by atoms with Crippen molar-refractivity contribution < 1.29 is 57.8 Å². The van der Waals surface area contributed by atoms with E-state index in [4.69, 9.17) is 0 Å². The Labute approximate surface area is 320 Å². The van der Waals surface area contributed by atoms with Gasteiger partial charge >= 0.3 is 6.03 Å². The first kappa shape index (κ1) is 39.7. The number of aryl methyl sites for hydroxylation is 2. The molecule has 56 heavy (non-hydrogen) atoms. The monoisotopic (exact) mass is 842 g/mol. The van der Waals surface area contributed by atoms with Gasteiger partial charge in [-0.3, -0.25) is 9.11 Å². The van der Waals surface area contributed by atoms with Gasteiger partial charge in [0.15, 0.2) is 0 Å². The van der Waals surface area contributed by atoms with Gasteiger partial charge in [-0.1, -0.05) is 36.4 Å². The summed E-state index contributed by atoms with van der Waals surface area (Å²) in [6, 6.07) is 20.2. The number of carbonyl (C=O) groups is 1. The highest BCUT2D eigenvalue weighted by molar-refractivity contribution is 7.91. The lowest BCUT2D eigenvalue weighted by molar-refractivity contribution is 0.250. The SMILES string of the molecule is Cc1cc(Nc2cccc3c(O)c(S(=O)(=O)O)ccc23)ccc1S(=O)(=O)NC(=O)NS(=O)(=O)c1ccc(Nc2cccc3c(O)c(S(=O)(=O)O)ccc23)cc1C. The minimum Gasteiger partial charge on any atom is -0.506 e. The summed E-state index contributed by atoms with van der Waals surface area (Å²) in [7, 11) is -18.6. The molecule has 292 valence electrons. The molecule has 0 fully saturated rings. The molecule has 0 unspecified atom stereocenters. The normalized spacial score (nSPS) is 12.4. The summed E-state index contributed by atoms with van der Waals surface area (Å²) in [6.07, 6.45) is 0. The van der Waals surface area contributed by atoms with Gasteiger partial charge in [0.25, 0.3) is 40.3 Å². The largest absolute Gasteiger partial charge is 0.506 e. The average Bonchev–Trinajstić information content (AvgIpc) is 3.07. The zero-order valence-electron chi connectivity index (χ0n) is 28.8. The summed E-state index contributed by atoms with van der Waals surface area (Å²) in [5.74, 6) is -1.33. The van der Waals surface area contributed by atoms with E-state index in [1.54, 1.807) is 21.6 Å². The van der Waals surface area contributed by atoms with E-state index in [0.29, 0.717) is 33.5 Å². The second kappa shape index (κ2) is 14.3. The van der Waals surface area contributed by atoms with Crippen LogP contribution in [0.3, 0.4) is 0 Å². The summed E-state index contributed by atoms with van der Waals surface area (Å²) in [5, 5.41) is 27.9. The third-order valence-electron chi connectivity index (χ3n) is 8.49. The van der Waals surface area contributed by atoms with Crippen LogP contribution in [0.4, 0.5) is 27.5 Å². The van der Waals surface area contributed by atoms with Crippen LogP contribution in [0.15, 0.2) is 117 Å². The first-order chi connectivity index (χ1) is 26.1. The van der Waals surface area contributed by atoms with Crippen LogP contribution in [0.25, 0.3) is 21.5 Å². The van der Waals surface area contributed by atoms with E-state index in [9.17, 15) is 57.8 Å². The number of hydrogen-bond donors (Lipinski definition) is 8. The second-order valence-electron chi connectivity index (χ2n) is 12.3. The number of phenols is 2. The lowest BCUT2D eigenvalue weighted by Gasteiger charge is -2.15. The molecular formula is C35H30N4O13S4. The van der Waals surface area contributed by atoms with Crippen LogP contribution < -0.4 is 20.1 Å². The molecule has 6 aromatic rings. The summed E-state index contributed by atoms with van der Waals surface area (Å²) in [5.41, 5.74) is 1.79. The molecule has 0 atom stereocenters. The highest BCUT2D eigenvalue weighted by atomic mass is 32.2. The maximum atomic E-state index is 13.2. The third kappa shape index (κ3) is 7.89. The van der Waals surface area contributed by atoms with Crippen LogP contribution in [-0.4, -0.2) is 59.0 Å². The third-order valence-corrected chi connectivity index (χ3v) is 13.2. The molecule has 0 aliphatic heterocycles. The molecule has 0 aliphatic carbocycles. The second-order valence-corrected chi connectivity index (χ2v) is 18.4. The highest BCUT2D eigenvalue weighted by Gasteiger charge is 2.26. The number of amides is 2. The van der Waals surface area contributed by atoms with E-state index in [2.05, 4.69) is 10.6 Å². The molecule has 0 saturated heterocycles. The van der Waals surface area contributed by atoms with E-state index in [0.717, 1.165) is 12.1 Å². The molecule has 17 nitrogen and oxygen atoms in total. The zero-order chi connectivity index (χ0) is 41.0. The van der Waals surface area contributed by atoms with Crippen molar-refractivity contribution in [3.63, 3.8) is 0 Å². The number of fused-ring (bicyclic) bond motifs is 2. The van der Waals surface area contributed by atoms with Crippen molar-refractivity contribution in [2.45, 2.75) is 33.4 Å². The molecule has 6 rings (SSSR count). The number of carbonyl (C=O) groups excluding carboxylic acids is 1. The van der Waals surface area contributed by atoms with Crippen LogP contribution in [0.2, 0.25) is 0 Å². The topological polar surface area (TPSA) is 283 Å². The average molecular weight is 843 g/mol. The van der Waals surface area contributed by atoms with Crippen LogP contribution in [-0.2, 0) is 40.3 Å². The minimum absolute atomic E-state index is 0.109. The number of rotatable bonds is 10. The smallest absolute Gasteiger partial charge is 0.342 e. The lowest BCUT2D eigenvalue weighted by atomic mass is 10.1. The Bertz CT molecular complexity index is 2880. The van der Waals surface area contributed by atoms with Gasteiger partial charge in [0.2, 0.25) is 0 Å². The van der Waals surface area contributed by atoms with Crippen LogP contribution in [0, 0.1) is 13.8 Å². The predicted molar refractivity (Wildman–Crippen MR) is 206 cm³/mol. The number of phenolic OH excluding ortho intramolecular Hbond substituents is 2. The molecule has 21 heteroatoms. The standard InChI is InChI=1S/C35H30N4O13S4/c1-19-17-21(36-27-7-3-5-25-23(27)11-15-31(33(25)40)55(47,48)49)9-13-29(19)53(43,44)38-35(42)39-54(45,46)30-14-10-22(18-20(30)2)37-28-8-4-6-26-24(28)12-16-32(34(26)41)56(50,51)52/h3-18,36-37,40-41H,1-2H3,(H2,38,39,42)(H,47,48,49)(H,50,51,52). The molecule has 0 bridgehead atoms. The molecular weight excluding hydrogens is 813 g/mol. The van der Waals surface area contributed by atoms with Crippen molar-refractivity contribution in [3.8, 4) is 11.5 Å². The molecule has 0 saturated carbocycles. The Balaban J connectivity index is 1.16. The van der Waals surface area contributed by atoms with Crippen molar-refractivity contribution in [2.75, 3.05) is 10.6 Å². The number of urea groups is 1. The molecule has 0 radical (unpaired) electrons. The Hall–Kier alpha value is -5.97. The van der Waals surface area contributed by atoms with Crippen molar-refractivity contribution in [3.05, 3.63) is 108 Å². The number of benzene rings is 6. The van der Waals surface area contributed by atoms with Crippen molar-refractivity contribution in [1.82, 2.24) is 9.44 Å². The fourth-order valence-corrected chi connectivity index (χ4v) is 9.54. The van der Waals surface area contributed by atoms with Crippen molar-refractivity contribution >= 4 is 90.6 Å². The van der Waals surface area contributed by atoms with Crippen molar-refractivity contribution in [1.29, 1.82) is 0 Å². The van der Waals surface area contributed by atoms with Crippen molar-refractivity contribution in [2.24, 2.45) is 0 Å². The predicted octanol–water partition coefficient (Wildman–Crippen LogP) is 5.38. The Morgan fingerprint density at radius 2 is 0.839 bits per heavy atom. The molecule has 0 spiro atoms. The number of nitrogens with one attached hydrogen (secondary N) is 4. The Morgan fingerprint density at radius 1 is 0.482 bits per heavy atom. The van der Waals surface area contributed by atoms with Gasteiger partial charge in [-0.2, -0.15) is 16.8 Å². The summed E-state index contributed by atoms with van der Waals surface area (Å²) >= 11 is 0. The highest BCUT2D eigenvalue weighted by Crippen LogP contribution is 2.38. The van der Waals surface area contributed by atoms with Gasteiger partial charge in [-0.05, 0) is 85.6 Å². The molecule has 0 aromatic heterocycles.